The maximum Gasteiger partial charge on any atom is 0.222 e. The molecule has 0 bridgehead atoms. The van der Waals surface area contributed by atoms with E-state index in [4.69, 9.17) is 5.73 Å². The summed E-state index contributed by atoms with van der Waals surface area (Å²) in [7, 11) is 0. The third-order valence-electron chi connectivity index (χ3n) is 5.55. The maximum atomic E-state index is 12.5. The Kier molecular flexibility index (Phi) is 3.41. The highest BCUT2D eigenvalue weighted by Crippen LogP contribution is 2.37. The molecule has 4 rings (SSSR count). The van der Waals surface area contributed by atoms with Crippen LogP contribution in [0.25, 0.3) is 10.9 Å². The number of carbonyl (C=O) groups is 1. The predicted octanol–water partition coefficient (Wildman–Crippen LogP) is 2.30. The van der Waals surface area contributed by atoms with Crippen LogP contribution in [0, 0.1) is 11.8 Å². The molecule has 2 aliphatic rings. The first kappa shape index (κ1) is 13.8. The van der Waals surface area contributed by atoms with Gasteiger partial charge in [0.15, 0.2) is 0 Å². The van der Waals surface area contributed by atoms with Crippen molar-refractivity contribution in [1.82, 2.24) is 9.88 Å². The number of hydrogen-bond donors (Lipinski definition) is 2. The minimum Gasteiger partial charge on any atom is -0.361 e. The Labute approximate surface area is 130 Å². The van der Waals surface area contributed by atoms with E-state index in [1.807, 2.05) is 23.2 Å². The molecule has 1 saturated carbocycles. The molecular formula is C18H23N3O. The van der Waals surface area contributed by atoms with Gasteiger partial charge in [0.1, 0.15) is 0 Å². The lowest BCUT2D eigenvalue weighted by Gasteiger charge is -2.18. The topological polar surface area (TPSA) is 62.1 Å². The number of fused-ring (bicyclic) bond motifs is 2. The lowest BCUT2D eigenvalue weighted by Crippen LogP contribution is -2.33. The number of nitrogens with two attached hydrogens (primary N) is 1. The summed E-state index contributed by atoms with van der Waals surface area (Å²) in [5.41, 5.74) is 8.53. The Morgan fingerprint density at radius 1 is 1.27 bits per heavy atom. The number of nitrogens with zero attached hydrogens (tertiary/aromatic N) is 1. The summed E-state index contributed by atoms with van der Waals surface area (Å²) in [6.45, 7) is 1.80. The molecule has 2 aromatic rings. The van der Waals surface area contributed by atoms with Crippen LogP contribution >= 0.6 is 0 Å². The van der Waals surface area contributed by atoms with Crippen molar-refractivity contribution < 1.29 is 4.79 Å². The first-order valence-corrected chi connectivity index (χ1v) is 8.30. The smallest absolute Gasteiger partial charge is 0.222 e. The van der Waals surface area contributed by atoms with E-state index < -0.39 is 0 Å². The standard InChI is InChI=1S/C18H23N3O/c19-16-7-5-13-10-21(11-15(13)16)18(22)8-6-12-9-20-17-4-2-1-3-14(12)17/h1-4,9,13,15-16,20H,5-8,10-11,19H2. The fourth-order valence-corrected chi connectivity index (χ4v) is 4.25. The minimum absolute atomic E-state index is 0.284. The second-order valence-electron chi connectivity index (χ2n) is 6.82. The van der Waals surface area contributed by atoms with Crippen LogP contribution in [0.4, 0.5) is 0 Å². The van der Waals surface area contributed by atoms with E-state index >= 15 is 0 Å². The van der Waals surface area contributed by atoms with Gasteiger partial charge in [-0.15, -0.1) is 0 Å². The molecule has 3 atom stereocenters. The number of H-pyrrole nitrogens is 1. The molecule has 4 heteroatoms. The van der Waals surface area contributed by atoms with Gasteiger partial charge >= 0.3 is 0 Å². The molecule has 3 unspecified atom stereocenters. The number of nitrogens with one attached hydrogen (secondary N) is 1. The van der Waals surface area contributed by atoms with Gasteiger partial charge in [-0.25, -0.2) is 0 Å². The van der Waals surface area contributed by atoms with Gasteiger partial charge in [0, 0.05) is 42.7 Å². The SMILES string of the molecule is NC1CCC2CN(C(=O)CCc3c[nH]c4ccccc34)CC12. The first-order valence-electron chi connectivity index (χ1n) is 8.30. The molecule has 1 aliphatic heterocycles. The average molecular weight is 297 g/mol. The monoisotopic (exact) mass is 297 g/mol. The predicted molar refractivity (Wildman–Crippen MR) is 87.4 cm³/mol. The fourth-order valence-electron chi connectivity index (χ4n) is 4.25. The third-order valence-corrected chi connectivity index (χ3v) is 5.55. The van der Waals surface area contributed by atoms with Gasteiger partial charge in [0.2, 0.25) is 5.91 Å². The van der Waals surface area contributed by atoms with Crippen molar-refractivity contribution in [3.63, 3.8) is 0 Å². The van der Waals surface area contributed by atoms with Crippen LogP contribution in [-0.2, 0) is 11.2 Å². The Morgan fingerprint density at radius 2 is 2.14 bits per heavy atom. The number of para-hydroxylation sites is 1. The Morgan fingerprint density at radius 3 is 3.00 bits per heavy atom. The van der Waals surface area contributed by atoms with Crippen molar-refractivity contribution in [3.05, 3.63) is 36.0 Å². The molecule has 22 heavy (non-hydrogen) atoms. The van der Waals surface area contributed by atoms with Crippen LogP contribution in [0.3, 0.4) is 0 Å². The number of aromatic amines is 1. The fraction of sp³-hybridized carbons (Fsp3) is 0.500. The second-order valence-corrected chi connectivity index (χ2v) is 6.82. The van der Waals surface area contributed by atoms with Gasteiger partial charge in [-0.1, -0.05) is 18.2 Å². The summed E-state index contributed by atoms with van der Waals surface area (Å²) in [5, 5.41) is 1.23. The summed E-state index contributed by atoms with van der Waals surface area (Å²) in [6.07, 6.45) is 5.76. The largest absolute Gasteiger partial charge is 0.361 e. The van der Waals surface area contributed by atoms with Crippen LogP contribution in [0.1, 0.15) is 24.8 Å². The Balaban J connectivity index is 1.39. The molecule has 116 valence electrons. The molecule has 0 radical (unpaired) electrons. The summed E-state index contributed by atoms with van der Waals surface area (Å²) in [6, 6.07) is 8.57. The van der Waals surface area contributed by atoms with Crippen LogP contribution in [0.2, 0.25) is 0 Å². The maximum absolute atomic E-state index is 12.5. The molecule has 0 spiro atoms. The average Bonchev–Trinajstić information content (AvgIpc) is 3.21. The number of likely N-dealkylation sites (tertiary alicyclic amines) is 1. The zero-order valence-electron chi connectivity index (χ0n) is 12.8. The van der Waals surface area contributed by atoms with Gasteiger partial charge in [-0.05, 0) is 42.7 Å². The molecule has 1 aromatic carbocycles. The van der Waals surface area contributed by atoms with Gasteiger partial charge in [-0.3, -0.25) is 4.79 Å². The van der Waals surface area contributed by atoms with E-state index in [1.54, 1.807) is 0 Å². The number of benzene rings is 1. The number of hydrogen-bond acceptors (Lipinski definition) is 2. The molecular weight excluding hydrogens is 274 g/mol. The Hall–Kier alpha value is -1.81. The summed E-state index contributed by atoms with van der Waals surface area (Å²) in [5.74, 6) is 1.47. The minimum atomic E-state index is 0.284. The zero-order chi connectivity index (χ0) is 15.1. The number of carbonyl (C=O) groups excluding carboxylic acids is 1. The highest BCUT2D eigenvalue weighted by Gasteiger charge is 2.42. The first-order chi connectivity index (χ1) is 10.7. The van der Waals surface area contributed by atoms with Crippen molar-refractivity contribution in [2.24, 2.45) is 17.6 Å². The zero-order valence-corrected chi connectivity index (χ0v) is 12.8. The van der Waals surface area contributed by atoms with Crippen LogP contribution < -0.4 is 5.73 Å². The van der Waals surface area contributed by atoms with E-state index in [-0.39, 0.29) is 5.91 Å². The van der Waals surface area contributed by atoms with Gasteiger partial charge in [-0.2, -0.15) is 0 Å². The van der Waals surface area contributed by atoms with Gasteiger partial charge in [0.05, 0.1) is 0 Å². The van der Waals surface area contributed by atoms with E-state index in [9.17, 15) is 4.79 Å². The van der Waals surface area contributed by atoms with E-state index in [0.29, 0.717) is 24.3 Å². The van der Waals surface area contributed by atoms with Crippen molar-refractivity contribution >= 4 is 16.8 Å². The highest BCUT2D eigenvalue weighted by atomic mass is 16.2. The van der Waals surface area contributed by atoms with Gasteiger partial charge < -0.3 is 15.6 Å². The molecule has 4 nitrogen and oxygen atoms in total. The molecule has 2 fully saturated rings. The Bertz CT molecular complexity index is 692. The number of aromatic nitrogens is 1. The second kappa shape index (κ2) is 5.43. The van der Waals surface area contributed by atoms with Crippen LogP contribution in [0.15, 0.2) is 30.5 Å². The summed E-state index contributed by atoms with van der Waals surface area (Å²) >= 11 is 0. The quantitative estimate of drug-likeness (QED) is 0.913. The molecule has 1 amide bonds. The van der Waals surface area contributed by atoms with Crippen molar-refractivity contribution in [3.8, 4) is 0 Å². The number of aryl methyl sites for hydroxylation is 1. The lowest BCUT2D eigenvalue weighted by atomic mass is 9.98. The molecule has 1 saturated heterocycles. The van der Waals surface area contributed by atoms with Crippen LogP contribution in [-0.4, -0.2) is 34.9 Å². The van der Waals surface area contributed by atoms with Crippen molar-refractivity contribution in [2.75, 3.05) is 13.1 Å². The molecule has 2 heterocycles. The molecule has 1 aliphatic carbocycles. The van der Waals surface area contributed by atoms with Gasteiger partial charge in [0.25, 0.3) is 0 Å². The van der Waals surface area contributed by atoms with E-state index in [1.165, 1.54) is 17.4 Å². The van der Waals surface area contributed by atoms with E-state index in [2.05, 4.69) is 17.1 Å². The molecule has 1 aromatic heterocycles. The normalized spacial score (nSPS) is 27.5. The van der Waals surface area contributed by atoms with Crippen molar-refractivity contribution in [1.29, 1.82) is 0 Å². The lowest BCUT2D eigenvalue weighted by molar-refractivity contribution is -0.130. The summed E-state index contributed by atoms with van der Waals surface area (Å²) < 4.78 is 0. The summed E-state index contributed by atoms with van der Waals surface area (Å²) in [4.78, 5) is 17.8. The number of amides is 1. The highest BCUT2D eigenvalue weighted by molar-refractivity contribution is 5.84. The molecule has 3 N–H and O–H groups in total. The third kappa shape index (κ3) is 2.31. The number of rotatable bonds is 3. The van der Waals surface area contributed by atoms with Crippen LogP contribution in [0.5, 0.6) is 0 Å². The van der Waals surface area contributed by atoms with Crippen molar-refractivity contribution in [2.45, 2.75) is 31.7 Å². The van der Waals surface area contributed by atoms with E-state index in [0.717, 1.165) is 31.4 Å².